The molecule has 1 aromatic carbocycles. The van der Waals surface area contributed by atoms with Gasteiger partial charge in [0.25, 0.3) is 0 Å². The summed E-state index contributed by atoms with van der Waals surface area (Å²) in [5.74, 6) is 1.38. The number of benzene rings is 1. The van der Waals surface area contributed by atoms with E-state index in [2.05, 4.69) is 28.6 Å². The average molecular weight is 349 g/mol. The summed E-state index contributed by atoms with van der Waals surface area (Å²) in [4.78, 5) is 10.9. The molecular formula is C17H23N3O3S. The first kappa shape index (κ1) is 18.3. The smallest absolute Gasteiger partial charge is 0.335 e. The molecule has 0 saturated carbocycles. The van der Waals surface area contributed by atoms with Gasteiger partial charge in [0.15, 0.2) is 5.16 Å². The Kier molecular flexibility index (Phi) is 7.11. The minimum atomic E-state index is -0.953. The molecule has 2 rings (SSSR count). The number of unbranched alkanes of at least 4 members (excludes halogenated alkanes) is 1. The van der Waals surface area contributed by atoms with E-state index >= 15 is 0 Å². The number of carbonyl (C=O) groups is 1. The van der Waals surface area contributed by atoms with E-state index in [-0.39, 0.29) is 5.56 Å². The van der Waals surface area contributed by atoms with E-state index in [1.54, 1.807) is 30.0 Å². The van der Waals surface area contributed by atoms with Gasteiger partial charge in [0.05, 0.1) is 12.2 Å². The first-order valence-electron chi connectivity index (χ1n) is 8.16. The highest BCUT2D eigenvalue weighted by Crippen LogP contribution is 2.19. The monoisotopic (exact) mass is 349 g/mol. The van der Waals surface area contributed by atoms with E-state index in [1.165, 1.54) is 6.07 Å². The Morgan fingerprint density at radius 1 is 1.33 bits per heavy atom. The second-order valence-electron chi connectivity index (χ2n) is 5.28. The van der Waals surface area contributed by atoms with Crippen LogP contribution in [0.1, 0.15) is 42.9 Å². The van der Waals surface area contributed by atoms with Crippen molar-refractivity contribution in [3.05, 3.63) is 35.7 Å². The molecule has 0 aliphatic rings. The SMILES string of the molecule is CCCCc1nnc(SCCOc2cccc(C(=O)O)c2)n1CC. The van der Waals surface area contributed by atoms with Crippen LogP contribution in [-0.2, 0) is 13.0 Å². The van der Waals surface area contributed by atoms with Gasteiger partial charge in [0.1, 0.15) is 11.6 Å². The molecule has 0 radical (unpaired) electrons. The van der Waals surface area contributed by atoms with Crippen LogP contribution in [0.15, 0.2) is 29.4 Å². The van der Waals surface area contributed by atoms with Crippen molar-refractivity contribution >= 4 is 17.7 Å². The number of aryl methyl sites for hydroxylation is 1. The Morgan fingerprint density at radius 3 is 2.88 bits per heavy atom. The zero-order valence-corrected chi connectivity index (χ0v) is 14.9. The van der Waals surface area contributed by atoms with Crippen LogP contribution in [0.25, 0.3) is 0 Å². The highest BCUT2D eigenvalue weighted by atomic mass is 32.2. The van der Waals surface area contributed by atoms with Crippen molar-refractivity contribution in [2.75, 3.05) is 12.4 Å². The van der Waals surface area contributed by atoms with Crippen LogP contribution in [0.4, 0.5) is 0 Å². The molecular weight excluding hydrogens is 326 g/mol. The zero-order valence-electron chi connectivity index (χ0n) is 14.1. The lowest BCUT2D eigenvalue weighted by Crippen LogP contribution is -2.06. The molecule has 0 amide bonds. The predicted octanol–water partition coefficient (Wildman–Crippen LogP) is 3.51. The molecule has 130 valence electrons. The van der Waals surface area contributed by atoms with Crippen molar-refractivity contribution in [2.24, 2.45) is 0 Å². The first-order valence-corrected chi connectivity index (χ1v) is 9.15. The van der Waals surface area contributed by atoms with Gasteiger partial charge in [-0.05, 0) is 31.5 Å². The molecule has 1 heterocycles. The van der Waals surface area contributed by atoms with Gasteiger partial charge in [-0.3, -0.25) is 0 Å². The molecule has 0 spiro atoms. The van der Waals surface area contributed by atoms with E-state index in [0.29, 0.717) is 12.4 Å². The third-order valence-corrected chi connectivity index (χ3v) is 4.46. The van der Waals surface area contributed by atoms with Gasteiger partial charge < -0.3 is 14.4 Å². The molecule has 0 aliphatic carbocycles. The number of rotatable bonds is 10. The summed E-state index contributed by atoms with van der Waals surface area (Å²) >= 11 is 1.60. The van der Waals surface area contributed by atoms with Gasteiger partial charge in [-0.2, -0.15) is 0 Å². The molecule has 0 atom stereocenters. The number of nitrogens with zero attached hydrogens (tertiary/aromatic N) is 3. The highest BCUT2D eigenvalue weighted by Gasteiger charge is 2.11. The molecule has 7 heteroatoms. The van der Waals surface area contributed by atoms with E-state index in [9.17, 15) is 4.79 Å². The summed E-state index contributed by atoms with van der Waals surface area (Å²) in [7, 11) is 0. The molecule has 0 unspecified atom stereocenters. The van der Waals surface area contributed by atoms with Gasteiger partial charge in [-0.1, -0.05) is 31.2 Å². The number of aromatic nitrogens is 3. The predicted molar refractivity (Wildman–Crippen MR) is 93.9 cm³/mol. The Balaban J connectivity index is 1.85. The van der Waals surface area contributed by atoms with Crippen LogP contribution in [-0.4, -0.2) is 38.2 Å². The number of ether oxygens (including phenoxy) is 1. The number of carboxylic acids is 1. The standard InChI is InChI=1S/C17H23N3O3S/c1-3-5-9-15-18-19-17(20(15)4-2)24-11-10-23-14-8-6-7-13(12-14)16(21)22/h6-8,12H,3-5,9-11H2,1-2H3,(H,21,22). The molecule has 6 nitrogen and oxygen atoms in total. The van der Waals surface area contributed by atoms with Gasteiger partial charge in [-0.25, -0.2) is 4.79 Å². The Hall–Kier alpha value is -2.02. The first-order chi connectivity index (χ1) is 11.7. The highest BCUT2D eigenvalue weighted by molar-refractivity contribution is 7.99. The summed E-state index contributed by atoms with van der Waals surface area (Å²) in [5, 5.41) is 18.4. The van der Waals surface area contributed by atoms with Crippen LogP contribution >= 0.6 is 11.8 Å². The van der Waals surface area contributed by atoms with E-state index in [0.717, 1.165) is 42.5 Å². The van der Waals surface area contributed by atoms with Crippen molar-refractivity contribution in [2.45, 2.75) is 44.8 Å². The van der Waals surface area contributed by atoms with E-state index in [1.807, 2.05) is 0 Å². The minimum absolute atomic E-state index is 0.228. The molecule has 0 fully saturated rings. The van der Waals surface area contributed by atoms with E-state index < -0.39 is 5.97 Å². The van der Waals surface area contributed by atoms with Crippen molar-refractivity contribution in [1.29, 1.82) is 0 Å². The number of hydrogen-bond donors (Lipinski definition) is 1. The fourth-order valence-corrected chi connectivity index (χ4v) is 3.11. The summed E-state index contributed by atoms with van der Waals surface area (Å²) in [6, 6.07) is 6.52. The van der Waals surface area contributed by atoms with Crippen molar-refractivity contribution in [3.63, 3.8) is 0 Å². The summed E-state index contributed by atoms with van der Waals surface area (Å²) < 4.78 is 7.77. The van der Waals surface area contributed by atoms with E-state index in [4.69, 9.17) is 9.84 Å². The van der Waals surface area contributed by atoms with Crippen molar-refractivity contribution in [1.82, 2.24) is 14.8 Å². The largest absolute Gasteiger partial charge is 0.493 e. The lowest BCUT2D eigenvalue weighted by atomic mass is 10.2. The number of thioether (sulfide) groups is 1. The third-order valence-electron chi connectivity index (χ3n) is 3.53. The van der Waals surface area contributed by atoms with Gasteiger partial charge >= 0.3 is 5.97 Å². The quantitative estimate of drug-likeness (QED) is 0.522. The molecule has 0 aliphatic heterocycles. The summed E-state index contributed by atoms with van der Waals surface area (Å²) in [6.45, 7) is 5.60. The van der Waals surface area contributed by atoms with Gasteiger partial charge in [-0.15, -0.1) is 10.2 Å². The molecule has 24 heavy (non-hydrogen) atoms. The topological polar surface area (TPSA) is 77.2 Å². The van der Waals surface area contributed by atoms with Crippen LogP contribution < -0.4 is 4.74 Å². The second kappa shape index (κ2) is 9.32. The van der Waals surface area contributed by atoms with Crippen LogP contribution in [0.2, 0.25) is 0 Å². The lowest BCUT2D eigenvalue weighted by molar-refractivity contribution is 0.0696. The van der Waals surface area contributed by atoms with Gasteiger partial charge in [0, 0.05) is 18.7 Å². The van der Waals surface area contributed by atoms with Crippen LogP contribution in [0, 0.1) is 0 Å². The Morgan fingerprint density at radius 2 is 2.17 bits per heavy atom. The molecule has 0 bridgehead atoms. The molecule has 0 saturated heterocycles. The fourth-order valence-electron chi connectivity index (χ4n) is 2.27. The molecule has 2 aromatic rings. The Labute approximate surface area is 146 Å². The fraction of sp³-hybridized carbons (Fsp3) is 0.471. The molecule has 1 aromatic heterocycles. The number of aromatic carboxylic acids is 1. The lowest BCUT2D eigenvalue weighted by Gasteiger charge is -2.08. The summed E-state index contributed by atoms with van der Waals surface area (Å²) in [6.07, 6.45) is 3.21. The maximum atomic E-state index is 10.9. The minimum Gasteiger partial charge on any atom is -0.493 e. The van der Waals surface area contributed by atoms with Crippen LogP contribution in [0.5, 0.6) is 5.75 Å². The second-order valence-corrected chi connectivity index (χ2v) is 6.34. The maximum Gasteiger partial charge on any atom is 0.335 e. The average Bonchev–Trinajstić information content (AvgIpc) is 2.99. The normalized spacial score (nSPS) is 10.8. The van der Waals surface area contributed by atoms with Crippen LogP contribution in [0.3, 0.4) is 0 Å². The van der Waals surface area contributed by atoms with Gasteiger partial charge in [0.2, 0.25) is 0 Å². The number of hydrogen-bond acceptors (Lipinski definition) is 5. The zero-order chi connectivity index (χ0) is 17.4. The maximum absolute atomic E-state index is 10.9. The Bertz CT molecular complexity index is 673. The molecule has 1 N–H and O–H groups in total. The van der Waals surface area contributed by atoms with Crippen molar-refractivity contribution < 1.29 is 14.6 Å². The number of carboxylic acid groups (broad SMARTS) is 1. The van der Waals surface area contributed by atoms with Crippen molar-refractivity contribution in [3.8, 4) is 5.75 Å². The summed E-state index contributed by atoms with van der Waals surface area (Å²) in [5.41, 5.74) is 0.228. The third kappa shape index (κ3) is 4.99.